The van der Waals surface area contributed by atoms with Gasteiger partial charge in [0.15, 0.2) is 0 Å². The van der Waals surface area contributed by atoms with Gasteiger partial charge in [-0.1, -0.05) is 30.3 Å². The Bertz CT molecular complexity index is 389. The summed E-state index contributed by atoms with van der Waals surface area (Å²) in [5.74, 6) is 0.891. The Morgan fingerprint density at radius 1 is 1.60 bits per heavy atom. The zero-order valence-corrected chi connectivity index (χ0v) is 9.26. The van der Waals surface area contributed by atoms with Gasteiger partial charge < -0.3 is 10.5 Å². The van der Waals surface area contributed by atoms with Crippen molar-refractivity contribution in [2.45, 2.75) is 18.9 Å². The van der Waals surface area contributed by atoms with Gasteiger partial charge in [-0.2, -0.15) is 0 Å². The van der Waals surface area contributed by atoms with Crippen molar-refractivity contribution in [3.8, 4) is 5.75 Å². The van der Waals surface area contributed by atoms with Gasteiger partial charge in [-0.25, -0.2) is 0 Å². The van der Waals surface area contributed by atoms with Gasteiger partial charge in [0.25, 0.3) is 0 Å². The van der Waals surface area contributed by atoms with E-state index >= 15 is 0 Å². The fourth-order valence-corrected chi connectivity index (χ4v) is 2.00. The number of ether oxygens (including phenoxy) is 1. The van der Waals surface area contributed by atoms with Crippen LogP contribution in [-0.2, 0) is 6.42 Å². The van der Waals surface area contributed by atoms with Crippen LogP contribution in [-0.4, -0.2) is 6.61 Å². The average molecular weight is 224 g/mol. The molecule has 0 bridgehead atoms. The third-order valence-electron chi connectivity index (χ3n) is 2.66. The summed E-state index contributed by atoms with van der Waals surface area (Å²) in [6.07, 6.45) is 1.99. The van der Waals surface area contributed by atoms with Gasteiger partial charge in [0, 0.05) is 11.1 Å². The van der Waals surface area contributed by atoms with Crippen molar-refractivity contribution in [1.82, 2.24) is 0 Å². The highest BCUT2D eigenvalue weighted by Crippen LogP contribution is 2.35. The first kappa shape index (κ1) is 10.5. The second kappa shape index (κ2) is 4.25. The van der Waals surface area contributed by atoms with Gasteiger partial charge in [0.05, 0.1) is 0 Å². The lowest BCUT2D eigenvalue weighted by atomic mass is 10.1. The molecule has 0 aliphatic heterocycles. The van der Waals surface area contributed by atoms with Crippen LogP contribution < -0.4 is 10.5 Å². The molecule has 1 atom stereocenters. The van der Waals surface area contributed by atoms with Crippen molar-refractivity contribution in [3.05, 3.63) is 40.9 Å². The second-order valence-corrected chi connectivity index (χ2v) is 4.31. The maximum absolute atomic E-state index is 5.97. The first-order valence-corrected chi connectivity index (χ1v) is 5.39. The lowest BCUT2D eigenvalue weighted by Gasteiger charge is -2.10. The third-order valence-corrected chi connectivity index (χ3v) is 2.77. The normalized spacial score (nSPS) is 18.7. The SMILES string of the molecule is C=C(Cl)COc1cccc2c1CCC2N. The first-order chi connectivity index (χ1) is 7.18. The predicted molar refractivity (Wildman–Crippen MR) is 62.2 cm³/mol. The van der Waals surface area contributed by atoms with Crippen LogP contribution >= 0.6 is 11.6 Å². The van der Waals surface area contributed by atoms with Crippen LogP contribution in [0, 0.1) is 0 Å². The van der Waals surface area contributed by atoms with Crippen LogP contribution in [0.3, 0.4) is 0 Å². The van der Waals surface area contributed by atoms with Gasteiger partial charge in [-0.3, -0.25) is 0 Å². The monoisotopic (exact) mass is 223 g/mol. The lowest BCUT2D eigenvalue weighted by molar-refractivity contribution is 0.356. The highest BCUT2D eigenvalue weighted by molar-refractivity contribution is 6.29. The summed E-state index contributed by atoms with van der Waals surface area (Å²) in [7, 11) is 0. The molecule has 1 aliphatic carbocycles. The molecule has 1 aromatic carbocycles. The van der Waals surface area contributed by atoms with E-state index in [9.17, 15) is 0 Å². The number of nitrogens with two attached hydrogens (primary N) is 1. The van der Waals surface area contributed by atoms with Gasteiger partial charge in [-0.15, -0.1) is 0 Å². The van der Waals surface area contributed by atoms with E-state index in [1.807, 2.05) is 12.1 Å². The predicted octanol–water partition coefficient (Wildman–Crippen LogP) is 2.76. The van der Waals surface area contributed by atoms with E-state index in [-0.39, 0.29) is 6.04 Å². The summed E-state index contributed by atoms with van der Waals surface area (Å²) in [4.78, 5) is 0. The van der Waals surface area contributed by atoms with Gasteiger partial charge >= 0.3 is 0 Å². The summed E-state index contributed by atoms with van der Waals surface area (Å²) in [5, 5.41) is 0.509. The molecule has 0 radical (unpaired) electrons. The standard InChI is InChI=1S/C12H14ClNO/c1-8(13)7-15-12-4-2-3-9-10(12)5-6-11(9)14/h2-4,11H,1,5-7,14H2. The van der Waals surface area contributed by atoms with Crippen molar-refractivity contribution in [2.24, 2.45) is 5.73 Å². The molecule has 0 aromatic heterocycles. The topological polar surface area (TPSA) is 35.2 Å². The molecule has 2 nitrogen and oxygen atoms in total. The summed E-state index contributed by atoms with van der Waals surface area (Å²) < 4.78 is 5.57. The summed E-state index contributed by atoms with van der Waals surface area (Å²) in [5.41, 5.74) is 8.40. The maximum atomic E-state index is 5.97. The van der Waals surface area contributed by atoms with Crippen molar-refractivity contribution in [2.75, 3.05) is 6.61 Å². The molecule has 2 N–H and O–H groups in total. The Morgan fingerprint density at radius 2 is 2.40 bits per heavy atom. The van der Waals surface area contributed by atoms with Crippen LogP contribution in [0.25, 0.3) is 0 Å². The van der Waals surface area contributed by atoms with Crippen LogP contribution in [0.15, 0.2) is 29.8 Å². The highest BCUT2D eigenvalue weighted by atomic mass is 35.5. The van der Waals surface area contributed by atoms with E-state index in [1.165, 1.54) is 11.1 Å². The Hall–Kier alpha value is -0.990. The van der Waals surface area contributed by atoms with Crippen LogP contribution in [0.2, 0.25) is 0 Å². The molecular weight excluding hydrogens is 210 g/mol. The van der Waals surface area contributed by atoms with E-state index < -0.39 is 0 Å². The third kappa shape index (κ3) is 2.16. The van der Waals surface area contributed by atoms with E-state index in [0.717, 1.165) is 18.6 Å². The molecule has 0 fully saturated rings. The van der Waals surface area contributed by atoms with E-state index in [4.69, 9.17) is 22.1 Å². The Kier molecular flexibility index (Phi) is 2.98. The molecule has 80 valence electrons. The number of hydrogen-bond donors (Lipinski definition) is 1. The molecule has 0 saturated carbocycles. The Morgan fingerprint density at radius 3 is 3.13 bits per heavy atom. The zero-order valence-electron chi connectivity index (χ0n) is 8.50. The Balaban J connectivity index is 2.22. The fourth-order valence-electron chi connectivity index (χ4n) is 1.94. The Labute approximate surface area is 94.7 Å². The summed E-state index contributed by atoms with van der Waals surface area (Å²) in [6.45, 7) is 3.95. The van der Waals surface area contributed by atoms with Crippen molar-refractivity contribution in [3.63, 3.8) is 0 Å². The molecule has 3 heteroatoms. The average Bonchev–Trinajstić information content (AvgIpc) is 2.58. The second-order valence-electron chi connectivity index (χ2n) is 3.78. The van der Waals surface area contributed by atoms with Gasteiger partial charge in [-0.05, 0) is 30.0 Å². The number of fused-ring (bicyclic) bond motifs is 1. The summed E-state index contributed by atoms with van der Waals surface area (Å²) in [6, 6.07) is 6.14. The largest absolute Gasteiger partial charge is 0.488 e. The molecule has 2 rings (SSSR count). The van der Waals surface area contributed by atoms with Crippen molar-refractivity contribution >= 4 is 11.6 Å². The highest BCUT2D eigenvalue weighted by Gasteiger charge is 2.21. The van der Waals surface area contributed by atoms with E-state index in [1.54, 1.807) is 0 Å². The van der Waals surface area contributed by atoms with Crippen LogP contribution in [0.5, 0.6) is 5.75 Å². The number of benzene rings is 1. The first-order valence-electron chi connectivity index (χ1n) is 5.02. The molecule has 1 aromatic rings. The number of rotatable bonds is 3. The minimum atomic E-state index is 0.155. The van der Waals surface area contributed by atoms with Gasteiger partial charge in [0.1, 0.15) is 12.4 Å². The molecule has 0 amide bonds. The number of halogens is 1. The quantitative estimate of drug-likeness (QED) is 0.855. The van der Waals surface area contributed by atoms with E-state index in [0.29, 0.717) is 11.6 Å². The number of hydrogen-bond acceptors (Lipinski definition) is 2. The summed E-state index contributed by atoms with van der Waals surface area (Å²) >= 11 is 5.66. The lowest BCUT2D eigenvalue weighted by Crippen LogP contribution is -2.05. The smallest absolute Gasteiger partial charge is 0.123 e. The van der Waals surface area contributed by atoms with Crippen LogP contribution in [0.4, 0.5) is 0 Å². The molecule has 1 aliphatic rings. The zero-order chi connectivity index (χ0) is 10.8. The molecule has 0 saturated heterocycles. The fraction of sp³-hybridized carbons (Fsp3) is 0.333. The maximum Gasteiger partial charge on any atom is 0.123 e. The van der Waals surface area contributed by atoms with E-state index in [2.05, 4.69) is 12.6 Å². The molecule has 15 heavy (non-hydrogen) atoms. The van der Waals surface area contributed by atoms with Crippen molar-refractivity contribution in [1.29, 1.82) is 0 Å². The molecule has 0 heterocycles. The molecular formula is C12H14ClNO. The molecule has 0 spiro atoms. The minimum Gasteiger partial charge on any atom is -0.488 e. The minimum absolute atomic E-state index is 0.155. The van der Waals surface area contributed by atoms with Crippen LogP contribution in [0.1, 0.15) is 23.6 Å². The molecule has 1 unspecified atom stereocenters. The van der Waals surface area contributed by atoms with Crippen molar-refractivity contribution < 1.29 is 4.74 Å². The van der Waals surface area contributed by atoms with Gasteiger partial charge in [0.2, 0.25) is 0 Å².